The number of thiophene rings is 1. The first-order chi connectivity index (χ1) is 15.4. The molecule has 0 amide bonds. The number of hydrogen-bond donors (Lipinski definition) is 0. The van der Waals surface area contributed by atoms with Crippen LogP contribution in [0.25, 0.3) is 5.69 Å². The molecule has 0 radical (unpaired) electrons. The summed E-state index contributed by atoms with van der Waals surface area (Å²) in [6, 6.07) is 25.0. The van der Waals surface area contributed by atoms with Crippen molar-refractivity contribution in [1.82, 2.24) is 24.3 Å². The molecule has 0 N–H and O–H groups in total. The van der Waals surface area contributed by atoms with E-state index >= 15 is 0 Å². The van der Waals surface area contributed by atoms with Crippen molar-refractivity contribution >= 4 is 23.1 Å². The SMILES string of the molecule is c1ccc(Cn2ccnc2CSc2nnc(Cc3cccs3)n2-c2ccccc2)cc1. The van der Waals surface area contributed by atoms with Crippen molar-refractivity contribution < 1.29 is 0 Å². The maximum atomic E-state index is 4.58. The van der Waals surface area contributed by atoms with Gasteiger partial charge in [-0.3, -0.25) is 4.57 Å². The second-order valence-corrected chi connectivity index (χ2v) is 9.05. The number of benzene rings is 2. The summed E-state index contributed by atoms with van der Waals surface area (Å²) in [6.45, 7) is 0.811. The second-order valence-electron chi connectivity index (χ2n) is 7.07. The van der Waals surface area contributed by atoms with Crippen LogP contribution in [0.1, 0.15) is 22.1 Å². The molecule has 0 unspecified atom stereocenters. The average molecular weight is 444 g/mol. The fraction of sp³-hybridized carbons (Fsp3) is 0.125. The third-order valence-electron chi connectivity index (χ3n) is 4.96. The first-order valence-electron chi connectivity index (χ1n) is 10.1. The maximum absolute atomic E-state index is 4.58. The van der Waals surface area contributed by atoms with E-state index in [1.807, 2.05) is 36.7 Å². The van der Waals surface area contributed by atoms with Gasteiger partial charge in [-0.05, 0) is 29.1 Å². The molecule has 31 heavy (non-hydrogen) atoms. The zero-order chi connectivity index (χ0) is 20.9. The van der Waals surface area contributed by atoms with Gasteiger partial charge in [0.15, 0.2) is 5.16 Å². The van der Waals surface area contributed by atoms with Crippen LogP contribution in [0.5, 0.6) is 0 Å². The lowest BCUT2D eigenvalue weighted by Gasteiger charge is -2.11. The summed E-state index contributed by atoms with van der Waals surface area (Å²) in [6.07, 6.45) is 4.67. The third kappa shape index (κ3) is 4.62. The largest absolute Gasteiger partial charge is 0.330 e. The van der Waals surface area contributed by atoms with Crippen LogP contribution in [0.4, 0.5) is 0 Å². The summed E-state index contributed by atoms with van der Waals surface area (Å²) in [7, 11) is 0. The van der Waals surface area contributed by atoms with Crippen molar-refractivity contribution in [3.05, 3.63) is 113 Å². The summed E-state index contributed by atoms with van der Waals surface area (Å²) in [4.78, 5) is 5.86. The minimum Gasteiger partial charge on any atom is -0.330 e. The van der Waals surface area contributed by atoms with E-state index < -0.39 is 0 Å². The molecule has 0 aliphatic carbocycles. The fourth-order valence-corrected chi connectivity index (χ4v) is 5.09. The first kappa shape index (κ1) is 19.8. The number of aromatic nitrogens is 5. The normalized spacial score (nSPS) is 11.1. The van der Waals surface area contributed by atoms with Gasteiger partial charge in [0.1, 0.15) is 11.6 Å². The Morgan fingerprint density at radius 1 is 0.839 bits per heavy atom. The van der Waals surface area contributed by atoms with Crippen molar-refractivity contribution in [3.63, 3.8) is 0 Å². The first-order valence-corrected chi connectivity index (χ1v) is 11.9. The molecule has 154 valence electrons. The molecule has 5 nitrogen and oxygen atoms in total. The van der Waals surface area contributed by atoms with Crippen LogP contribution in [0.3, 0.4) is 0 Å². The molecule has 7 heteroatoms. The highest BCUT2D eigenvalue weighted by molar-refractivity contribution is 7.98. The second kappa shape index (κ2) is 9.32. The highest BCUT2D eigenvalue weighted by Gasteiger charge is 2.16. The number of nitrogens with zero attached hydrogens (tertiary/aromatic N) is 5. The molecule has 0 atom stereocenters. The predicted octanol–water partition coefficient (Wildman–Crippen LogP) is 5.46. The molecular formula is C24H21N5S2. The highest BCUT2D eigenvalue weighted by atomic mass is 32.2. The Kier molecular flexibility index (Phi) is 5.95. The van der Waals surface area contributed by atoms with Crippen molar-refractivity contribution in [2.45, 2.75) is 23.9 Å². The van der Waals surface area contributed by atoms with Crippen LogP contribution in [0.2, 0.25) is 0 Å². The summed E-state index contributed by atoms with van der Waals surface area (Å²) in [5, 5.41) is 12.0. The van der Waals surface area contributed by atoms with E-state index in [0.29, 0.717) is 0 Å². The lowest BCUT2D eigenvalue weighted by molar-refractivity contribution is 0.755. The van der Waals surface area contributed by atoms with Gasteiger partial charge in [0, 0.05) is 35.9 Å². The number of imidazole rings is 1. The maximum Gasteiger partial charge on any atom is 0.196 e. The molecule has 0 fully saturated rings. The Balaban J connectivity index is 1.39. The summed E-state index contributed by atoms with van der Waals surface area (Å²) < 4.78 is 4.35. The fourth-order valence-electron chi connectivity index (χ4n) is 3.45. The molecule has 0 aliphatic heterocycles. The zero-order valence-corrected chi connectivity index (χ0v) is 18.5. The minimum atomic E-state index is 0.726. The van der Waals surface area contributed by atoms with E-state index in [4.69, 9.17) is 0 Å². The number of hydrogen-bond acceptors (Lipinski definition) is 5. The Morgan fingerprint density at radius 2 is 1.65 bits per heavy atom. The molecule has 0 spiro atoms. The molecule has 5 rings (SSSR count). The van der Waals surface area contributed by atoms with Gasteiger partial charge in [-0.2, -0.15) is 0 Å². The van der Waals surface area contributed by atoms with E-state index in [9.17, 15) is 0 Å². The number of rotatable bonds is 8. The number of thioether (sulfide) groups is 1. The molecular weight excluding hydrogens is 422 g/mol. The highest BCUT2D eigenvalue weighted by Crippen LogP contribution is 2.26. The Morgan fingerprint density at radius 3 is 2.42 bits per heavy atom. The summed E-state index contributed by atoms with van der Waals surface area (Å²) in [5.41, 5.74) is 2.34. The Hall–Kier alpha value is -3.16. The van der Waals surface area contributed by atoms with Crippen molar-refractivity contribution in [2.24, 2.45) is 0 Å². The quantitative estimate of drug-likeness (QED) is 0.299. The monoisotopic (exact) mass is 443 g/mol. The lowest BCUT2D eigenvalue weighted by atomic mass is 10.2. The molecule has 0 bridgehead atoms. The van der Waals surface area contributed by atoms with Crippen LogP contribution in [0, 0.1) is 0 Å². The smallest absolute Gasteiger partial charge is 0.196 e. The standard InChI is InChI=1S/C24H21N5S2/c1-3-8-19(9-4-1)17-28-14-13-25-23(28)18-31-24-27-26-22(16-21-12-7-15-30-21)29(24)20-10-5-2-6-11-20/h1-15H,16-18H2. The zero-order valence-electron chi connectivity index (χ0n) is 16.8. The Bertz CT molecular complexity index is 1230. The number of para-hydroxylation sites is 1. The van der Waals surface area contributed by atoms with Gasteiger partial charge < -0.3 is 4.57 Å². The topological polar surface area (TPSA) is 48.5 Å². The van der Waals surface area contributed by atoms with Gasteiger partial charge in [0.25, 0.3) is 0 Å². The van der Waals surface area contributed by atoms with Crippen molar-refractivity contribution in [2.75, 3.05) is 0 Å². The van der Waals surface area contributed by atoms with E-state index in [0.717, 1.165) is 41.2 Å². The van der Waals surface area contributed by atoms with E-state index in [-0.39, 0.29) is 0 Å². The van der Waals surface area contributed by atoms with E-state index in [1.54, 1.807) is 23.1 Å². The Labute approximate surface area is 189 Å². The van der Waals surface area contributed by atoms with Crippen LogP contribution in [0.15, 0.2) is 95.7 Å². The van der Waals surface area contributed by atoms with Crippen LogP contribution in [-0.2, 0) is 18.7 Å². The molecule has 5 aromatic rings. The molecule has 0 aliphatic rings. The van der Waals surface area contributed by atoms with Gasteiger partial charge in [-0.25, -0.2) is 4.98 Å². The van der Waals surface area contributed by atoms with Gasteiger partial charge in [-0.15, -0.1) is 21.5 Å². The lowest BCUT2D eigenvalue weighted by Crippen LogP contribution is -2.05. The van der Waals surface area contributed by atoms with Gasteiger partial charge in [0.05, 0.1) is 5.75 Å². The van der Waals surface area contributed by atoms with Crippen molar-refractivity contribution in [1.29, 1.82) is 0 Å². The predicted molar refractivity (Wildman–Crippen MR) is 126 cm³/mol. The van der Waals surface area contributed by atoms with E-state index in [2.05, 4.69) is 78.2 Å². The third-order valence-corrected chi connectivity index (χ3v) is 6.76. The summed E-state index contributed by atoms with van der Waals surface area (Å²) >= 11 is 3.41. The van der Waals surface area contributed by atoms with Crippen LogP contribution >= 0.6 is 23.1 Å². The van der Waals surface area contributed by atoms with Gasteiger partial charge >= 0.3 is 0 Å². The van der Waals surface area contributed by atoms with E-state index in [1.165, 1.54) is 10.4 Å². The molecule has 0 saturated heterocycles. The van der Waals surface area contributed by atoms with Crippen LogP contribution in [-0.4, -0.2) is 24.3 Å². The van der Waals surface area contributed by atoms with Gasteiger partial charge in [-0.1, -0.05) is 66.4 Å². The van der Waals surface area contributed by atoms with Gasteiger partial charge in [0.2, 0.25) is 0 Å². The molecule has 2 aromatic carbocycles. The average Bonchev–Trinajstić information content (AvgIpc) is 3.56. The van der Waals surface area contributed by atoms with Crippen LogP contribution < -0.4 is 0 Å². The minimum absolute atomic E-state index is 0.726. The summed E-state index contributed by atoms with van der Waals surface area (Å²) in [5.74, 6) is 2.70. The van der Waals surface area contributed by atoms with Crippen molar-refractivity contribution in [3.8, 4) is 5.69 Å². The molecule has 3 aromatic heterocycles. The molecule has 3 heterocycles. The molecule has 0 saturated carbocycles.